The van der Waals surface area contributed by atoms with Crippen molar-refractivity contribution in [3.8, 4) is 17.4 Å². The third-order valence-electron chi connectivity index (χ3n) is 6.35. The molecule has 0 radical (unpaired) electrons. The van der Waals surface area contributed by atoms with E-state index in [4.69, 9.17) is 4.98 Å². The fourth-order valence-corrected chi connectivity index (χ4v) is 4.96. The summed E-state index contributed by atoms with van der Waals surface area (Å²) in [6.45, 7) is 5.85. The van der Waals surface area contributed by atoms with E-state index in [0.717, 1.165) is 49.9 Å². The molecule has 0 unspecified atom stereocenters. The lowest BCUT2D eigenvalue weighted by atomic mass is 10.2. The summed E-state index contributed by atoms with van der Waals surface area (Å²) in [6.07, 6.45) is 5.94. The number of allylic oxidation sites excluding steroid dienone is 1. The smallest absolute Gasteiger partial charge is 0.117 e. The van der Waals surface area contributed by atoms with Gasteiger partial charge in [-0.2, -0.15) is 5.26 Å². The van der Waals surface area contributed by atoms with Crippen LogP contribution in [0.25, 0.3) is 50.3 Å². The van der Waals surface area contributed by atoms with Gasteiger partial charge in [0.1, 0.15) is 11.2 Å². The third kappa shape index (κ3) is 3.01. The summed E-state index contributed by atoms with van der Waals surface area (Å²) in [4.78, 5) is 9.31. The van der Waals surface area contributed by atoms with E-state index in [9.17, 15) is 5.26 Å². The zero-order valence-electron chi connectivity index (χ0n) is 19.2. The van der Waals surface area contributed by atoms with Gasteiger partial charge in [-0.15, -0.1) is 0 Å². The van der Waals surface area contributed by atoms with Gasteiger partial charge < -0.3 is 9.13 Å². The molecule has 0 atom stereocenters. The van der Waals surface area contributed by atoms with Crippen LogP contribution in [0.1, 0.15) is 18.2 Å². The van der Waals surface area contributed by atoms with E-state index >= 15 is 0 Å². The van der Waals surface area contributed by atoms with Crippen LogP contribution in [0.5, 0.6) is 0 Å². The first-order valence-electron chi connectivity index (χ1n) is 11.4. The zero-order chi connectivity index (χ0) is 23.9. The van der Waals surface area contributed by atoms with Crippen LogP contribution >= 0.6 is 0 Å². The van der Waals surface area contributed by atoms with Crippen LogP contribution in [0, 0.1) is 11.3 Å². The van der Waals surface area contributed by atoms with Crippen LogP contribution in [-0.2, 0) is 0 Å². The van der Waals surface area contributed by atoms with Gasteiger partial charge in [0.25, 0.3) is 0 Å². The molecule has 166 valence electrons. The second-order valence-corrected chi connectivity index (χ2v) is 8.30. The van der Waals surface area contributed by atoms with Crippen LogP contribution in [0.3, 0.4) is 0 Å². The van der Waals surface area contributed by atoms with Crippen molar-refractivity contribution in [1.29, 1.82) is 5.26 Å². The van der Waals surface area contributed by atoms with Crippen molar-refractivity contribution in [3.63, 3.8) is 0 Å². The molecule has 3 heterocycles. The number of aliphatic imine (C=N–C) groups is 1. The normalized spacial score (nSPS) is 11.5. The lowest BCUT2D eigenvalue weighted by Crippen LogP contribution is -2.00. The number of fused-ring (bicyclic) bond motifs is 5. The number of hydrogen-bond donors (Lipinski definition) is 0. The van der Waals surface area contributed by atoms with Crippen molar-refractivity contribution in [2.75, 3.05) is 0 Å². The number of benzene rings is 3. The molecule has 0 N–H and O–H groups in total. The van der Waals surface area contributed by atoms with Crippen molar-refractivity contribution < 1.29 is 0 Å². The predicted octanol–water partition coefficient (Wildman–Crippen LogP) is 7.36. The summed E-state index contributed by atoms with van der Waals surface area (Å²) in [7, 11) is 0. The number of hydrogen-bond acceptors (Lipinski definition) is 3. The first kappa shape index (κ1) is 20.6. The van der Waals surface area contributed by atoms with E-state index in [1.807, 2.05) is 67.7 Å². The van der Waals surface area contributed by atoms with Gasteiger partial charge in [-0.1, -0.05) is 48.5 Å². The van der Waals surface area contributed by atoms with Crippen LogP contribution in [0.4, 0.5) is 5.69 Å². The maximum Gasteiger partial charge on any atom is 0.117 e. The van der Waals surface area contributed by atoms with Crippen LogP contribution in [0.2, 0.25) is 0 Å². The zero-order valence-corrected chi connectivity index (χ0v) is 19.2. The summed E-state index contributed by atoms with van der Waals surface area (Å²) in [5, 5.41) is 11.8. The average molecular weight is 452 g/mol. The van der Waals surface area contributed by atoms with Gasteiger partial charge in [-0.3, -0.25) is 9.98 Å². The Kier molecular flexibility index (Phi) is 4.79. The van der Waals surface area contributed by atoms with E-state index in [1.54, 1.807) is 0 Å². The third-order valence-corrected chi connectivity index (χ3v) is 6.35. The van der Waals surface area contributed by atoms with E-state index in [1.165, 1.54) is 0 Å². The number of para-hydroxylation sites is 2. The van der Waals surface area contributed by atoms with Crippen LogP contribution in [0.15, 0.2) is 96.1 Å². The first-order valence-corrected chi connectivity index (χ1v) is 11.4. The molecule has 5 heteroatoms. The standard InChI is InChI=1S/C30H21N5/c1-3-10-26-27(32-2)28-30(35(26)22-14-9-11-20(17-22)18-31)29-24(19-33-28)23-15-7-8-16-25(23)34(29)21-12-5-4-6-13-21/h3-17,19H,2H2,1H3/b10-3-. The summed E-state index contributed by atoms with van der Waals surface area (Å²) in [5.74, 6) is 0. The molecule has 0 saturated carbocycles. The highest BCUT2D eigenvalue weighted by molar-refractivity contribution is 6.19. The SMILES string of the molecule is C=Nc1c(/C=C\C)n(-c2cccc(C#N)c2)c2c1ncc1c3ccccc3n(-c3ccccc3)c12. The summed E-state index contributed by atoms with van der Waals surface area (Å²) < 4.78 is 4.43. The lowest BCUT2D eigenvalue weighted by Gasteiger charge is -2.13. The van der Waals surface area contributed by atoms with Crippen molar-refractivity contribution in [2.45, 2.75) is 6.92 Å². The van der Waals surface area contributed by atoms with E-state index < -0.39 is 0 Å². The second kappa shape index (κ2) is 8.12. The minimum Gasteiger partial charge on any atom is -0.307 e. The minimum absolute atomic E-state index is 0.590. The Morgan fingerprint density at radius 2 is 1.66 bits per heavy atom. The number of rotatable bonds is 4. The highest BCUT2D eigenvalue weighted by Gasteiger charge is 2.24. The Labute approximate surface area is 202 Å². The highest BCUT2D eigenvalue weighted by Crippen LogP contribution is 2.42. The molecule has 6 aromatic rings. The molecule has 0 bridgehead atoms. The Morgan fingerprint density at radius 3 is 2.43 bits per heavy atom. The van der Waals surface area contributed by atoms with Crippen molar-refractivity contribution in [3.05, 3.63) is 102 Å². The van der Waals surface area contributed by atoms with E-state index in [-0.39, 0.29) is 0 Å². The van der Waals surface area contributed by atoms with Crippen LogP contribution in [-0.4, -0.2) is 20.8 Å². The summed E-state index contributed by atoms with van der Waals surface area (Å²) in [6, 6.07) is 28.6. The van der Waals surface area contributed by atoms with Crippen LogP contribution < -0.4 is 0 Å². The topological polar surface area (TPSA) is 58.9 Å². The lowest BCUT2D eigenvalue weighted by molar-refractivity contribution is 1.09. The monoisotopic (exact) mass is 451 g/mol. The van der Waals surface area contributed by atoms with Gasteiger partial charge in [0.2, 0.25) is 0 Å². The maximum absolute atomic E-state index is 9.59. The molecule has 3 aromatic heterocycles. The van der Waals surface area contributed by atoms with Crippen molar-refractivity contribution >= 4 is 51.3 Å². The molecule has 0 fully saturated rings. The van der Waals surface area contributed by atoms with Crippen molar-refractivity contribution in [1.82, 2.24) is 14.1 Å². The van der Waals surface area contributed by atoms with Gasteiger partial charge in [0.05, 0.1) is 33.9 Å². The molecule has 6 rings (SSSR count). The van der Waals surface area contributed by atoms with Gasteiger partial charge in [0, 0.05) is 28.3 Å². The first-order chi connectivity index (χ1) is 17.3. The molecule has 3 aromatic carbocycles. The number of pyridine rings is 1. The predicted molar refractivity (Wildman–Crippen MR) is 144 cm³/mol. The molecule has 0 aliphatic heterocycles. The molecule has 5 nitrogen and oxygen atoms in total. The molecule has 0 amide bonds. The summed E-state index contributed by atoms with van der Waals surface area (Å²) in [5.41, 5.74) is 7.93. The minimum atomic E-state index is 0.590. The Hall–Kier alpha value is -4.95. The molecule has 0 aliphatic rings. The number of aromatic nitrogens is 3. The maximum atomic E-state index is 9.59. The highest BCUT2D eigenvalue weighted by atomic mass is 15.1. The van der Waals surface area contributed by atoms with Gasteiger partial charge in [-0.25, -0.2) is 0 Å². The van der Waals surface area contributed by atoms with Crippen molar-refractivity contribution in [2.24, 2.45) is 4.99 Å². The summed E-state index contributed by atoms with van der Waals surface area (Å²) >= 11 is 0. The quantitative estimate of drug-likeness (QED) is 0.263. The fraction of sp³-hybridized carbons (Fsp3) is 0.0333. The molecular formula is C30H21N5. The average Bonchev–Trinajstić information content (AvgIpc) is 3.41. The second-order valence-electron chi connectivity index (χ2n) is 8.30. The molecule has 0 spiro atoms. The molecular weight excluding hydrogens is 430 g/mol. The van der Waals surface area contributed by atoms with Gasteiger partial charge in [-0.05, 0) is 56.1 Å². The largest absolute Gasteiger partial charge is 0.307 e. The molecule has 0 aliphatic carbocycles. The molecule has 0 saturated heterocycles. The van der Waals surface area contributed by atoms with Gasteiger partial charge in [0.15, 0.2) is 0 Å². The molecule has 35 heavy (non-hydrogen) atoms. The number of nitriles is 1. The van der Waals surface area contributed by atoms with Gasteiger partial charge >= 0.3 is 0 Å². The Morgan fingerprint density at radius 1 is 0.886 bits per heavy atom. The fourth-order valence-electron chi connectivity index (χ4n) is 4.96. The Balaban J connectivity index is 1.92. The van der Waals surface area contributed by atoms with E-state index in [2.05, 4.69) is 63.3 Å². The number of nitrogens with zero attached hydrogens (tertiary/aromatic N) is 5. The Bertz CT molecular complexity index is 1830. The van der Waals surface area contributed by atoms with E-state index in [0.29, 0.717) is 11.3 Å².